The quantitative estimate of drug-likeness (QED) is 0.757. The third-order valence-corrected chi connectivity index (χ3v) is 5.11. The average molecular weight is 248 g/mol. The lowest BCUT2D eigenvalue weighted by molar-refractivity contribution is -0.138. The molecule has 100 valence electrons. The minimum absolute atomic E-state index is 0.209. The fourth-order valence-corrected chi connectivity index (χ4v) is 3.94. The van der Waals surface area contributed by atoms with E-state index in [9.17, 15) is 4.79 Å². The van der Waals surface area contributed by atoms with E-state index in [1.807, 2.05) is 0 Å². The standard InChI is InChI=1S/C15H24N2O/c1-10(16)13-3-2-6-17(9-13)15(18)14-8-11-4-5-12(14)7-11/h4-5,10-14H,2-3,6-9,16H2,1H3. The van der Waals surface area contributed by atoms with Crippen LogP contribution in [0.5, 0.6) is 0 Å². The summed E-state index contributed by atoms with van der Waals surface area (Å²) in [5.41, 5.74) is 5.99. The van der Waals surface area contributed by atoms with Gasteiger partial charge in [-0.1, -0.05) is 12.2 Å². The number of amides is 1. The molecule has 0 radical (unpaired) electrons. The van der Waals surface area contributed by atoms with E-state index in [4.69, 9.17) is 5.73 Å². The number of nitrogens with two attached hydrogens (primary N) is 1. The Balaban J connectivity index is 1.64. The Morgan fingerprint density at radius 2 is 2.22 bits per heavy atom. The van der Waals surface area contributed by atoms with Crippen LogP contribution < -0.4 is 5.73 Å². The Morgan fingerprint density at radius 1 is 1.39 bits per heavy atom. The van der Waals surface area contributed by atoms with Crippen molar-refractivity contribution in [2.45, 2.75) is 38.6 Å². The molecule has 1 saturated heterocycles. The molecule has 2 bridgehead atoms. The summed E-state index contributed by atoms with van der Waals surface area (Å²) in [6, 6.07) is 0.209. The first kappa shape index (κ1) is 12.2. The largest absolute Gasteiger partial charge is 0.342 e. The monoisotopic (exact) mass is 248 g/mol. The van der Waals surface area contributed by atoms with Crippen molar-refractivity contribution in [1.29, 1.82) is 0 Å². The summed E-state index contributed by atoms with van der Waals surface area (Å²) in [7, 11) is 0. The molecule has 2 N–H and O–H groups in total. The smallest absolute Gasteiger partial charge is 0.226 e. The lowest BCUT2D eigenvalue weighted by atomic mass is 9.88. The van der Waals surface area contributed by atoms with Gasteiger partial charge in [-0.2, -0.15) is 0 Å². The Bertz CT molecular complexity index is 364. The number of nitrogens with zero attached hydrogens (tertiary/aromatic N) is 1. The van der Waals surface area contributed by atoms with E-state index in [-0.39, 0.29) is 12.0 Å². The topological polar surface area (TPSA) is 46.3 Å². The number of carbonyl (C=O) groups excluding carboxylic acids is 1. The molecule has 0 aromatic heterocycles. The number of hydrogen-bond acceptors (Lipinski definition) is 2. The zero-order valence-electron chi connectivity index (χ0n) is 11.2. The molecule has 1 amide bonds. The van der Waals surface area contributed by atoms with Crippen LogP contribution in [-0.4, -0.2) is 29.9 Å². The van der Waals surface area contributed by atoms with Crippen LogP contribution in [-0.2, 0) is 4.79 Å². The zero-order chi connectivity index (χ0) is 12.7. The highest BCUT2D eigenvalue weighted by atomic mass is 16.2. The van der Waals surface area contributed by atoms with Crippen molar-refractivity contribution in [3.05, 3.63) is 12.2 Å². The Labute approximate surface area is 109 Å². The van der Waals surface area contributed by atoms with Gasteiger partial charge in [-0.25, -0.2) is 0 Å². The van der Waals surface area contributed by atoms with Gasteiger partial charge in [0.15, 0.2) is 0 Å². The van der Waals surface area contributed by atoms with Crippen molar-refractivity contribution < 1.29 is 4.79 Å². The summed E-state index contributed by atoms with van der Waals surface area (Å²) in [6.45, 7) is 3.90. The molecule has 3 nitrogen and oxygen atoms in total. The number of carbonyl (C=O) groups is 1. The molecule has 1 saturated carbocycles. The highest BCUT2D eigenvalue weighted by Gasteiger charge is 2.42. The van der Waals surface area contributed by atoms with Crippen LogP contribution in [0.4, 0.5) is 0 Å². The number of rotatable bonds is 2. The number of hydrogen-bond donors (Lipinski definition) is 1. The van der Waals surface area contributed by atoms with Crippen LogP contribution >= 0.6 is 0 Å². The molecule has 2 aliphatic carbocycles. The van der Waals surface area contributed by atoms with Gasteiger partial charge >= 0.3 is 0 Å². The van der Waals surface area contributed by atoms with E-state index in [2.05, 4.69) is 24.0 Å². The Kier molecular flexibility index (Phi) is 3.18. The first-order chi connectivity index (χ1) is 8.65. The van der Waals surface area contributed by atoms with Gasteiger partial charge in [0.05, 0.1) is 0 Å². The lowest BCUT2D eigenvalue weighted by Gasteiger charge is -2.37. The van der Waals surface area contributed by atoms with Gasteiger partial charge in [-0.15, -0.1) is 0 Å². The number of likely N-dealkylation sites (tertiary alicyclic amines) is 1. The fraction of sp³-hybridized carbons (Fsp3) is 0.800. The van der Waals surface area contributed by atoms with Crippen molar-refractivity contribution >= 4 is 5.91 Å². The van der Waals surface area contributed by atoms with E-state index >= 15 is 0 Å². The minimum atomic E-state index is 0.209. The number of allylic oxidation sites excluding steroid dienone is 2. The molecule has 0 aromatic carbocycles. The molecule has 3 aliphatic rings. The van der Waals surface area contributed by atoms with Crippen LogP contribution in [0, 0.1) is 23.7 Å². The normalized spacial score (nSPS) is 40.2. The maximum atomic E-state index is 12.6. The fourth-order valence-electron chi connectivity index (χ4n) is 3.94. The Hall–Kier alpha value is -0.830. The van der Waals surface area contributed by atoms with Gasteiger partial charge in [0.25, 0.3) is 0 Å². The van der Waals surface area contributed by atoms with Gasteiger partial charge in [0.2, 0.25) is 5.91 Å². The van der Waals surface area contributed by atoms with Crippen molar-refractivity contribution in [1.82, 2.24) is 4.90 Å². The van der Waals surface area contributed by atoms with Gasteiger partial charge in [0, 0.05) is 25.0 Å². The molecule has 0 spiro atoms. The molecule has 1 aliphatic heterocycles. The minimum Gasteiger partial charge on any atom is -0.342 e. The van der Waals surface area contributed by atoms with Gasteiger partial charge < -0.3 is 10.6 Å². The highest BCUT2D eigenvalue weighted by Crippen LogP contribution is 2.44. The number of fused-ring (bicyclic) bond motifs is 2. The SMILES string of the molecule is CC(N)C1CCCN(C(=O)C2CC3C=CC2C3)C1. The molecular weight excluding hydrogens is 224 g/mol. The van der Waals surface area contributed by atoms with Crippen LogP contribution in [0.15, 0.2) is 12.2 Å². The predicted molar refractivity (Wildman–Crippen MR) is 71.8 cm³/mol. The molecule has 18 heavy (non-hydrogen) atoms. The molecule has 3 rings (SSSR count). The lowest BCUT2D eigenvalue weighted by Crippen LogP contribution is -2.47. The third-order valence-electron chi connectivity index (χ3n) is 5.11. The molecule has 3 heteroatoms. The first-order valence-electron chi connectivity index (χ1n) is 7.38. The second-order valence-electron chi connectivity index (χ2n) is 6.43. The highest BCUT2D eigenvalue weighted by molar-refractivity contribution is 5.80. The van der Waals surface area contributed by atoms with Crippen molar-refractivity contribution in [3.63, 3.8) is 0 Å². The first-order valence-corrected chi connectivity index (χ1v) is 7.38. The summed E-state index contributed by atoms with van der Waals surface area (Å²) in [6.07, 6.45) is 9.16. The molecule has 1 heterocycles. The average Bonchev–Trinajstić information content (AvgIpc) is 3.00. The summed E-state index contributed by atoms with van der Waals surface area (Å²) in [4.78, 5) is 14.7. The van der Waals surface area contributed by atoms with E-state index in [1.54, 1.807) is 0 Å². The molecular formula is C15H24N2O. The van der Waals surface area contributed by atoms with Crippen molar-refractivity contribution in [3.8, 4) is 0 Å². The summed E-state index contributed by atoms with van der Waals surface area (Å²) < 4.78 is 0. The summed E-state index contributed by atoms with van der Waals surface area (Å²) >= 11 is 0. The van der Waals surface area contributed by atoms with E-state index in [0.717, 1.165) is 25.9 Å². The van der Waals surface area contributed by atoms with Gasteiger partial charge in [-0.05, 0) is 50.4 Å². The Morgan fingerprint density at radius 3 is 2.83 bits per heavy atom. The second kappa shape index (κ2) is 4.69. The molecule has 5 unspecified atom stereocenters. The van der Waals surface area contributed by atoms with E-state index < -0.39 is 0 Å². The second-order valence-corrected chi connectivity index (χ2v) is 6.43. The number of piperidine rings is 1. The predicted octanol–water partition coefficient (Wildman–Crippen LogP) is 1.78. The molecule has 2 fully saturated rings. The summed E-state index contributed by atoms with van der Waals surface area (Å²) in [5.74, 6) is 2.37. The molecule has 5 atom stereocenters. The molecule has 0 aromatic rings. The van der Waals surface area contributed by atoms with Crippen LogP contribution in [0.3, 0.4) is 0 Å². The van der Waals surface area contributed by atoms with Crippen molar-refractivity contribution in [2.75, 3.05) is 13.1 Å². The van der Waals surface area contributed by atoms with Crippen LogP contribution in [0.1, 0.15) is 32.6 Å². The summed E-state index contributed by atoms with van der Waals surface area (Å²) in [5, 5.41) is 0. The van der Waals surface area contributed by atoms with Crippen LogP contribution in [0.2, 0.25) is 0 Å². The van der Waals surface area contributed by atoms with Crippen molar-refractivity contribution in [2.24, 2.45) is 29.4 Å². The van der Waals surface area contributed by atoms with E-state index in [0.29, 0.717) is 23.7 Å². The third kappa shape index (κ3) is 2.09. The van der Waals surface area contributed by atoms with E-state index in [1.165, 1.54) is 12.8 Å². The maximum absolute atomic E-state index is 12.6. The van der Waals surface area contributed by atoms with Gasteiger partial charge in [0.1, 0.15) is 0 Å². The van der Waals surface area contributed by atoms with Gasteiger partial charge in [-0.3, -0.25) is 4.79 Å². The zero-order valence-corrected chi connectivity index (χ0v) is 11.2. The maximum Gasteiger partial charge on any atom is 0.226 e. The van der Waals surface area contributed by atoms with Crippen LogP contribution in [0.25, 0.3) is 0 Å².